The predicted octanol–water partition coefficient (Wildman–Crippen LogP) is 4.09. The van der Waals surface area contributed by atoms with E-state index in [9.17, 15) is 14.4 Å². The molecule has 0 aromatic heterocycles. The molecule has 0 aromatic carbocycles. The first-order valence-electron chi connectivity index (χ1n) is 6.43. The van der Waals surface area contributed by atoms with Crippen molar-refractivity contribution in [3.05, 3.63) is 0 Å². The van der Waals surface area contributed by atoms with E-state index in [0.29, 0.717) is 13.0 Å². The highest BCUT2D eigenvalue weighted by molar-refractivity contribution is 5.96. The Morgan fingerprint density at radius 1 is 0.864 bits per heavy atom. The van der Waals surface area contributed by atoms with Gasteiger partial charge in [0.05, 0.1) is 24.4 Å². The van der Waals surface area contributed by atoms with Gasteiger partial charge in [-0.25, -0.2) is 0 Å². The predicted molar refractivity (Wildman–Crippen MR) is 90.3 cm³/mol. The summed E-state index contributed by atoms with van der Waals surface area (Å²) in [6.45, 7) is 7.96. The van der Waals surface area contributed by atoms with Crippen molar-refractivity contribution in [3.63, 3.8) is 0 Å². The van der Waals surface area contributed by atoms with Crippen LogP contribution in [-0.4, -0.2) is 24.5 Å². The topological polar surface area (TPSA) is 69.7 Å². The van der Waals surface area contributed by atoms with Crippen LogP contribution in [0.15, 0.2) is 0 Å². The number of carbonyl (C=O) groups excluding carboxylic acids is 3. The van der Waals surface area contributed by atoms with Crippen LogP contribution in [0.3, 0.4) is 0 Å². The molecule has 0 saturated carbocycles. The van der Waals surface area contributed by atoms with Crippen LogP contribution < -0.4 is 0 Å². The van der Waals surface area contributed by atoms with E-state index in [0.717, 1.165) is 0 Å². The standard InChI is InChI=1S/C11H14O5.C2H6.4CH4/c1-5-4-15-10(13)7(5)3-8-6(2)9(12)16-11(8)14;1-2;;;;/h5-8H,3-4H2,1-2H3;1-2H3;4*1H4. The van der Waals surface area contributed by atoms with Gasteiger partial charge in [-0.05, 0) is 6.42 Å². The maximum atomic E-state index is 11.4. The maximum Gasteiger partial charge on any atom is 0.317 e. The Hall–Kier alpha value is -1.39. The molecule has 0 aromatic rings. The molecule has 0 bridgehead atoms. The molecule has 4 atom stereocenters. The fourth-order valence-corrected chi connectivity index (χ4v) is 2.21. The lowest BCUT2D eigenvalue weighted by atomic mass is 9.83. The summed E-state index contributed by atoms with van der Waals surface area (Å²) in [5.41, 5.74) is 0. The third kappa shape index (κ3) is 5.78. The Morgan fingerprint density at radius 3 is 1.68 bits per heavy atom. The molecule has 2 saturated heterocycles. The molecular weight excluding hydrogens is 284 g/mol. The van der Waals surface area contributed by atoms with Crippen molar-refractivity contribution in [3.8, 4) is 0 Å². The number of hydrogen-bond donors (Lipinski definition) is 0. The molecule has 5 heteroatoms. The molecule has 5 nitrogen and oxygen atoms in total. The highest BCUT2D eigenvalue weighted by Crippen LogP contribution is 2.34. The number of ether oxygens (including phenoxy) is 2. The monoisotopic (exact) mass is 320 g/mol. The molecule has 2 heterocycles. The summed E-state index contributed by atoms with van der Waals surface area (Å²) in [4.78, 5) is 34.0. The van der Waals surface area contributed by atoms with Crippen molar-refractivity contribution < 1.29 is 23.9 Å². The number of cyclic esters (lactones) is 3. The fraction of sp³-hybridized carbons (Fsp3) is 0.824. The van der Waals surface area contributed by atoms with Crippen LogP contribution in [0, 0.1) is 23.7 Å². The van der Waals surface area contributed by atoms with Crippen LogP contribution in [-0.2, 0) is 23.9 Å². The van der Waals surface area contributed by atoms with Crippen LogP contribution in [0.2, 0.25) is 0 Å². The van der Waals surface area contributed by atoms with Gasteiger partial charge in [-0.3, -0.25) is 14.4 Å². The lowest BCUT2D eigenvalue weighted by molar-refractivity contribution is -0.153. The van der Waals surface area contributed by atoms with Gasteiger partial charge >= 0.3 is 17.9 Å². The summed E-state index contributed by atoms with van der Waals surface area (Å²) in [5.74, 6) is -2.40. The molecule has 0 N–H and O–H groups in total. The highest BCUT2D eigenvalue weighted by Gasteiger charge is 2.46. The average Bonchev–Trinajstić information content (AvgIpc) is 2.79. The summed E-state index contributed by atoms with van der Waals surface area (Å²) in [5, 5.41) is 0. The molecule has 2 rings (SSSR count). The van der Waals surface area contributed by atoms with Crippen molar-refractivity contribution in [2.24, 2.45) is 23.7 Å². The zero-order valence-corrected chi connectivity index (χ0v) is 11.3. The summed E-state index contributed by atoms with van der Waals surface area (Å²) in [6.07, 6.45) is 0.353. The quantitative estimate of drug-likeness (QED) is 0.566. The molecule has 4 unspecified atom stereocenters. The van der Waals surface area contributed by atoms with Crippen molar-refractivity contribution >= 4 is 17.9 Å². The van der Waals surface area contributed by atoms with Gasteiger partial charge in [0.15, 0.2) is 0 Å². The first kappa shape index (κ1) is 28.7. The van der Waals surface area contributed by atoms with Crippen LogP contribution in [0.25, 0.3) is 0 Å². The van der Waals surface area contributed by atoms with Gasteiger partial charge in [0.25, 0.3) is 0 Å². The van der Waals surface area contributed by atoms with Gasteiger partial charge in [-0.15, -0.1) is 0 Å². The zero-order chi connectivity index (χ0) is 13.9. The van der Waals surface area contributed by atoms with Gasteiger partial charge < -0.3 is 9.47 Å². The van der Waals surface area contributed by atoms with Crippen LogP contribution in [0.1, 0.15) is 63.8 Å². The molecule has 2 fully saturated rings. The minimum Gasteiger partial charge on any atom is -0.465 e. The smallest absolute Gasteiger partial charge is 0.317 e. The van der Waals surface area contributed by atoms with Crippen molar-refractivity contribution in [1.82, 2.24) is 0 Å². The summed E-state index contributed by atoms with van der Waals surface area (Å²) < 4.78 is 9.45. The van der Waals surface area contributed by atoms with E-state index in [4.69, 9.17) is 4.74 Å². The van der Waals surface area contributed by atoms with Crippen molar-refractivity contribution in [2.75, 3.05) is 6.61 Å². The fourth-order valence-electron chi connectivity index (χ4n) is 2.21. The van der Waals surface area contributed by atoms with Gasteiger partial charge in [0.2, 0.25) is 0 Å². The minimum absolute atomic E-state index is 0. The summed E-state index contributed by atoms with van der Waals surface area (Å²) in [6, 6.07) is 0. The molecule has 0 spiro atoms. The Morgan fingerprint density at radius 2 is 1.36 bits per heavy atom. The largest absolute Gasteiger partial charge is 0.465 e. The van der Waals surface area contributed by atoms with Gasteiger partial charge in [-0.2, -0.15) is 0 Å². The van der Waals surface area contributed by atoms with E-state index in [2.05, 4.69) is 4.74 Å². The Bertz CT molecular complexity index is 351. The molecule has 0 amide bonds. The number of esters is 3. The summed E-state index contributed by atoms with van der Waals surface area (Å²) in [7, 11) is 0. The van der Waals surface area contributed by atoms with Crippen LogP contribution >= 0.6 is 0 Å². The highest BCUT2D eigenvalue weighted by atomic mass is 16.6. The average molecular weight is 320 g/mol. The molecule has 2 aliphatic rings. The molecule has 134 valence electrons. The first-order chi connectivity index (χ1) is 8.50. The molecule has 22 heavy (non-hydrogen) atoms. The maximum absolute atomic E-state index is 11.4. The second-order valence-corrected chi connectivity index (χ2v) is 4.58. The van der Waals surface area contributed by atoms with E-state index in [1.807, 2.05) is 20.8 Å². The van der Waals surface area contributed by atoms with Gasteiger partial charge in [0, 0.05) is 5.92 Å². The van der Waals surface area contributed by atoms with Gasteiger partial charge in [-0.1, -0.05) is 57.4 Å². The Kier molecular flexibility index (Phi) is 15.9. The van der Waals surface area contributed by atoms with E-state index in [1.54, 1.807) is 6.92 Å². The molecule has 0 aliphatic carbocycles. The number of carbonyl (C=O) groups is 3. The molecule has 2 aliphatic heterocycles. The lowest BCUT2D eigenvalue weighted by Gasteiger charge is -2.14. The lowest BCUT2D eigenvalue weighted by Crippen LogP contribution is -2.24. The normalized spacial score (nSPS) is 28.5. The van der Waals surface area contributed by atoms with Gasteiger partial charge in [0.1, 0.15) is 0 Å². The first-order valence-corrected chi connectivity index (χ1v) is 6.43. The van der Waals surface area contributed by atoms with E-state index in [-0.39, 0.29) is 47.5 Å². The Balaban J connectivity index is -0.000000259. The SMILES string of the molecule is C.C.C.C.CC.CC1COC(=O)C1CC1C(=O)OC(=O)C1C. The Labute approximate surface area is 136 Å². The second kappa shape index (κ2) is 12.2. The van der Waals surface area contributed by atoms with E-state index in [1.165, 1.54) is 0 Å². The van der Waals surface area contributed by atoms with E-state index < -0.39 is 23.8 Å². The van der Waals surface area contributed by atoms with Crippen LogP contribution in [0.4, 0.5) is 0 Å². The third-order valence-electron chi connectivity index (χ3n) is 3.47. The molecule has 0 radical (unpaired) electrons. The molecular formula is C17H36O5. The van der Waals surface area contributed by atoms with Crippen LogP contribution in [0.5, 0.6) is 0 Å². The summed E-state index contributed by atoms with van der Waals surface area (Å²) >= 11 is 0. The van der Waals surface area contributed by atoms with E-state index >= 15 is 0 Å². The minimum atomic E-state index is -0.510. The van der Waals surface area contributed by atoms with Crippen molar-refractivity contribution in [1.29, 1.82) is 0 Å². The zero-order valence-electron chi connectivity index (χ0n) is 11.3. The number of rotatable bonds is 2. The number of hydrogen-bond acceptors (Lipinski definition) is 5. The van der Waals surface area contributed by atoms with Crippen molar-refractivity contribution in [2.45, 2.75) is 63.8 Å². The third-order valence-corrected chi connectivity index (χ3v) is 3.47. The second-order valence-electron chi connectivity index (χ2n) is 4.58.